The number of hydrogen-bond donors (Lipinski definition) is 0. The van der Waals surface area contributed by atoms with Crippen LogP contribution in [0, 0.1) is 5.92 Å². The normalized spacial score (nSPS) is 24.6. The highest BCUT2D eigenvalue weighted by Crippen LogP contribution is 2.30. The Labute approximate surface area is 171 Å². The number of carbonyl (C=O) groups is 3. The van der Waals surface area contributed by atoms with Crippen LogP contribution in [0.3, 0.4) is 0 Å². The van der Waals surface area contributed by atoms with Gasteiger partial charge in [0.15, 0.2) is 5.82 Å². The fraction of sp³-hybridized carbons (Fsp3) is 0.667. The predicted molar refractivity (Wildman–Crippen MR) is 105 cm³/mol. The van der Waals surface area contributed by atoms with Gasteiger partial charge in [-0.05, 0) is 26.2 Å². The molecule has 4 rings (SSSR count). The molecular weight excluding hydrogens is 370 g/mol. The van der Waals surface area contributed by atoms with E-state index < -0.39 is 0 Å². The molecule has 0 radical (unpaired) electrons. The van der Waals surface area contributed by atoms with Gasteiger partial charge in [-0.3, -0.25) is 14.4 Å². The van der Waals surface area contributed by atoms with Gasteiger partial charge in [-0.25, -0.2) is 9.97 Å². The summed E-state index contributed by atoms with van der Waals surface area (Å²) in [5.74, 6) is 0.673. The maximum Gasteiger partial charge on any atom is 0.228 e. The summed E-state index contributed by atoms with van der Waals surface area (Å²) in [4.78, 5) is 51.7. The van der Waals surface area contributed by atoms with Crippen LogP contribution in [-0.4, -0.2) is 68.6 Å². The Kier molecular flexibility index (Phi) is 5.52. The summed E-state index contributed by atoms with van der Waals surface area (Å²) in [6.07, 6.45) is 5.81. The largest absolute Gasteiger partial charge is 0.342 e. The van der Waals surface area contributed by atoms with E-state index in [1.807, 2.05) is 22.9 Å². The van der Waals surface area contributed by atoms with Crippen molar-refractivity contribution in [2.24, 2.45) is 5.92 Å². The fourth-order valence-corrected chi connectivity index (χ4v) is 4.76. The third kappa shape index (κ3) is 3.84. The van der Waals surface area contributed by atoms with E-state index in [0.29, 0.717) is 39.0 Å². The molecule has 29 heavy (non-hydrogen) atoms. The van der Waals surface area contributed by atoms with Crippen LogP contribution < -0.4 is 0 Å². The number of piperidine rings is 1. The number of rotatable bonds is 3. The van der Waals surface area contributed by atoms with Crippen molar-refractivity contribution in [2.75, 3.05) is 26.2 Å². The lowest BCUT2D eigenvalue weighted by molar-refractivity contribution is -0.136. The molecule has 4 heterocycles. The van der Waals surface area contributed by atoms with E-state index in [9.17, 15) is 14.4 Å². The van der Waals surface area contributed by atoms with Gasteiger partial charge in [0, 0.05) is 64.2 Å². The molecule has 8 heteroatoms. The van der Waals surface area contributed by atoms with Crippen LogP contribution in [-0.2, 0) is 27.3 Å². The quantitative estimate of drug-likeness (QED) is 0.765. The van der Waals surface area contributed by atoms with Crippen LogP contribution in [0.2, 0.25) is 0 Å². The van der Waals surface area contributed by atoms with E-state index in [1.54, 1.807) is 11.8 Å². The van der Waals surface area contributed by atoms with Crippen molar-refractivity contribution in [1.29, 1.82) is 0 Å². The third-order valence-corrected chi connectivity index (χ3v) is 6.42. The molecule has 0 unspecified atom stereocenters. The number of hydrogen-bond acceptors (Lipinski definition) is 5. The van der Waals surface area contributed by atoms with Gasteiger partial charge in [-0.15, -0.1) is 0 Å². The average Bonchev–Trinajstić information content (AvgIpc) is 3.13. The lowest BCUT2D eigenvalue weighted by Gasteiger charge is -2.35. The minimum atomic E-state index is -0.240. The van der Waals surface area contributed by atoms with Crippen LogP contribution in [0.25, 0.3) is 0 Å². The van der Waals surface area contributed by atoms with E-state index >= 15 is 0 Å². The second kappa shape index (κ2) is 8.08. The van der Waals surface area contributed by atoms with Gasteiger partial charge in [-0.1, -0.05) is 0 Å². The molecule has 2 saturated heterocycles. The van der Waals surface area contributed by atoms with Crippen molar-refractivity contribution >= 4 is 17.7 Å². The van der Waals surface area contributed by atoms with Crippen LogP contribution in [0.4, 0.5) is 0 Å². The number of nitrogens with zero attached hydrogens (tertiary/aromatic N) is 5. The summed E-state index contributed by atoms with van der Waals surface area (Å²) >= 11 is 0. The third-order valence-electron chi connectivity index (χ3n) is 6.42. The Morgan fingerprint density at radius 1 is 1.24 bits per heavy atom. The number of likely N-dealkylation sites (tertiary alicyclic amines) is 2. The van der Waals surface area contributed by atoms with Gasteiger partial charge in [0.1, 0.15) is 0 Å². The van der Waals surface area contributed by atoms with Crippen molar-refractivity contribution in [1.82, 2.24) is 24.7 Å². The van der Waals surface area contributed by atoms with Crippen LogP contribution >= 0.6 is 0 Å². The van der Waals surface area contributed by atoms with Crippen molar-refractivity contribution in [2.45, 2.75) is 58.5 Å². The molecule has 0 bridgehead atoms. The van der Waals surface area contributed by atoms with E-state index in [0.717, 1.165) is 42.9 Å². The first-order chi connectivity index (χ1) is 14.0. The van der Waals surface area contributed by atoms with Crippen LogP contribution in [0.5, 0.6) is 0 Å². The maximum atomic E-state index is 12.9. The Balaban J connectivity index is 1.46. The molecule has 0 aliphatic carbocycles. The zero-order chi connectivity index (χ0) is 20.5. The molecule has 156 valence electrons. The van der Waals surface area contributed by atoms with Crippen molar-refractivity contribution < 1.29 is 14.4 Å². The second-order valence-electron chi connectivity index (χ2n) is 8.27. The second-order valence-corrected chi connectivity index (χ2v) is 8.27. The number of carbonyl (C=O) groups excluding carboxylic acids is 3. The van der Waals surface area contributed by atoms with Crippen molar-refractivity contribution in [3.63, 3.8) is 0 Å². The topological polar surface area (TPSA) is 86.7 Å². The van der Waals surface area contributed by atoms with E-state index in [2.05, 4.69) is 4.98 Å². The summed E-state index contributed by atoms with van der Waals surface area (Å²) < 4.78 is 0. The summed E-state index contributed by atoms with van der Waals surface area (Å²) in [7, 11) is 0. The van der Waals surface area contributed by atoms with Crippen LogP contribution in [0.15, 0.2) is 6.20 Å². The molecule has 1 aromatic heterocycles. The first-order valence-electron chi connectivity index (χ1n) is 10.7. The van der Waals surface area contributed by atoms with E-state index in [4.69, 9.17) is 4.98 Å². The molecule has 3 amide bonds. The molecule has 2 atom stereocenters. The number of aromatic nitrogens is 2. The van der Waals surface area contributed by atoms with Gasteiger partial charge < -0.3 is 14.7 Å². The van der Waals surface area contributed by atoms with Gasteiger partial charge in [0.05, 0.1) is 17.7 Å². The van der Waals surface area contributed by atoms with E-state index in [1.165, 1.54) is 0 Å². The molecule has 0 aromatic carbocycles. The number of fused-ring (bicyclic) bond motifs is 1. The summed E-state index contributed by atoms with van der Waals surface area (Å²) in [5.41, 5.74) is 1.95. The van der Waals surface area contributed by atoms with Gasteiger partial charge >= 0.3 is 0 Å². The zero-order valence-corrected chi connectivity index (χ0v) is 17.3. The smallest absolute Gasteiger partial charge is 0.228 e. The standard InChI is InChI=1S/C21H29N5O3/c1-3-24-12-15(10-19(24)28)21(29)25-9-7-17-16(13-25)11-22-20(23-17)18-6-4-5-8-26(18)14(2)27/h11,15,18H,3-10,12-13H2,1-2H3/t15-,18-/m0/s1. The summed E-state index contributed by atoms with van der Waals surface area (Å²) in [6, 6.07) is -0.0456. The first kappa shape index (κ1) is 19.8. The van der Waals surface area contributed by atoms with Crippen molar-refractivity contribution in [3.8, 4) is 0 Å². The minimum Gasteiger partial charge on any atom is -0.342 e. The fourth-order valence-electron chi connectivity index (χ4n) is 4.76. The molecule has 0 saturated carbocycles. The summed E-state index contributed by atoms with van der Waals surface area (Å²) in [5, 5.41) is 0. The molecule has 2 fully saturated rings. The SMILES string of the molecule is CCN1C[C@@H](C(=O)N2CCc3nc([C@@H]4CCCCN4C(C)=O)ncc3C2)CC1=O. The monoisotopic (exact) mass is 399 g/mol. The Hall–Kier alpha value is -2.51. The molecule has 0 spiro atoms. The van der Waals surface area contributed by atoms with Gasteiger partial charge in [-0.2, -0.15) is 0 Å². The van der Waals surface area contributed by atoms with E-state index in [-0.39, 0.29) is 29.7 Å². The lowest BCUT2D eigenvalue weighted by Crippen LogP contribution is -2.41. The molecule has 1 aromatic rings. The minimum absolute atomic E-state index is 0.0456. The van der Waals surface area contributed by atoms with Gasteiger partial charge in [0.2, 0.25) is 17.7 Å². The molecule has 8 nitrogen and oxygen atoms in total. The maximum absolute atomic E-state index is 12.9. The highest BCUT2D eigenvalue weighted by atomic mass is 16.2. The van der Waals surface area contributed by atoms with Crippen LogP contribution in [0.1, 0.15) is 62.7 Å². The molecule has 0 N–H and O–H groups in total. The van der Waals surface area contributed by atoms with Crippen molar-refractivity contribution in [3.05, 3.63) is 23.3 Å². The Morgan fingerprint density at radius 3 is 2.79 bits per heavy atom. The highest BCUT2D eigenvalue weighted by molar-refractivity contribution is 5.89. The lowest BCUT2D eigenvalue weighted by atomic mass is 9.99. The van der Waals surface area contributed by atoms with Gasteiger partial charge in [0.25, 0.3) is 0 Å². The predicted octanol–water partition coefficient (Wildman–Crippen LogP) is 1.30. The average molecular weight is 399 g/mol. The Bertz CT molecular complexity index is 827. The number of amides is 3. The molecule has 3 aliphatic rings. The molecular formula is C21H29N5O3. The Morgan fingerprint density at radius 2 is 2.07 bits per heavy atom. The highest BCUT2D eigenvalue weighted by Gasteiger charge is 2.37. The molecule has 3 aliphatic heterocycles. The summed E-state index contributed by atoms with van der Waals surface area (Å²) in [6.45, 7) is 6.59. The first-order valence-corrected chi connectivity index (χ1v) is 10.7. The zero-order valence-electron chi connectivity index (χ0n) is 17.3.